The summed E-state index contributed by atoms with van der Waals surface area (Å²) in [5.41, 5.74) is 5.28. The minimum atomic E-state index is -0.176. The van der Waals surface area contributed by atoms with E-state index < -0.39 is 0 Å². The van der Waals surface area contributed by atoms with Crippen LogP contribution in [0.1, 0.15) is 41.1 Å². The Balaban J connectivity index is 1.22. The summed E-state index contributed by atoms with van der Waals surface area (Å²) in [6.07, 6.45) is 3.31. The number of carbonyl (C=O) groups is 1. The van der Waals surface area contributed by atoms with Gasteiger partial charge in [-0.15, -0.1) is 0 Å². The Labute approximate surface area is 169 Å². The average molecular weight is 392 g/mol. The van der Waals surface area contributed by atoms with E-state index >= 15 is 0 Å². The maximum absolute atomic E-state index is 12.2. The highest BCUT2D eigenvalue weighted by Crippen LogP contribution is 2.43. The second-order valence-electron chi connectivity index (χ2n) is 7.87. The molecule has 0 atom stereocenters. The summed E-state index contributed by atoms with van der Waals surface area (Å²) in [6.45, 7) is 3.17. The SMILES string of the molecule is Cc1cc(OCC(=O)NCc2ccc3c(c2)CCO3)nc2c1c(C1CC1)nn2C. The minimum absolute atomic E-state index is 0.0701. The van der Waals surface area contributed by atoms with Gasteiger partial charge in [0.15, 0.2) is 12.3 Å². The summed E-state index contributed by atoms with van der Waals surface area (Å²) in [4.78, 5) is 16.8. The first-order chi connectivity index (χ1) is 14.1. The third-order valence-corrected chi connectivity index (χ3v) is 5.55. The van der Waals surface area contributed by atoms with Crippen LogP contribution in [0.2, 0.25) is 0 Å². The Hall–Kier alpha value is -3.09. The minimum Gasteiger partial charge on any atom is -0.493 e. The molecular formula is C22H24N4O3. The number of carbonyl (C=O) groups excluding carboxylic acids is 1. The van der Waals surface area contributed by atoms with E-state index in [-0.39, 0.29) is 12.5 Å². The van der Waals surface area contributed by atoms with E-state index in [0.717, 1.165) is 46.6 Å². The molecule has 3 aromatic rings. The molecule has 7 nitrogen and oxygen atoms in total. The normalized spacial score (nSPS) is 15.2. The first-order valence-electron chi connectivity index (χ1n) is 10.1. The van der Waals surface area contributed by atoms with Gasteiger partial charge < -0.3 is 14.8 Å². The second-order valence-corrected chi connectivity index (χ2v) is 7.87. The first-order valence-corrected chi connectivity index (χ1v) is 10.1. The fraction of sp³-hybridized carbons (Fsp3) is 0.409. The van der Waals surface area contributed by atoms with Crippen molar-refractivity contribution in [3.8, 4) is 11.6 Å². The largest absolute Gasteiger partial charge is 0.493 e. The van der Waals surface area contributed by atoms with Crippen molar-refractivity contribution in [1.82, 2.24) is 20.1 Å². The molecule has 1 aliphatic heterocycles. The Morgan fingerprint density at radius 1 is 1.34 bits per heavy atom. The van der Waals surface area contributed by atoms with Crippen molar-refractivity contribution in [2.75, 3.05) is 13.2 Å². The number of nitrogens with zero attached hydrogens (tertiary/aromatic N) is 3. The number of aryl methyl sites for hydroxylation is 2. The topological polar surface area (TPSA) is 78.3 Å². The van der Waals surface area contributed by atoms with Crippen LogP contribution in [0.25, 0.3) is 11.0 Å². The third-order valence-electron chi connectivity index (χ3n) is 5.55. The molecule has 0 radical (unpaired) electrons. The standard InChI is InChI=1S/C22H24N4O3/c1-13-9-19(24-22-20(13)21(15-4-5-15)25-26(22)2)29-12-18(27)23-11-14-3-6-17-16(10-14)7-8-28-17/h3,6,9-10,15H,4-5,7-8,11-12H2,1-2H3,(H,23,27). The number of hydrogen-bond acceptors (Lipinski definition) is 5. The molecule has 2 aliphatic rings. The average Bonchev–Trinajstić information content (AvgIpc) is 3.36. The lowest BCUT2D eigenvalue weighted by Crippen LogP contribution is -2.28. The number of fused-ring (bicyclic) bond motifs is 2. The molecule has 1 N–H and O–H groups in total. The number of hydrogen-bond donors (Lipinski definition) is 1. The fourth-order valence-electron chi connectivity index (χ4n) is 3.89. The van der Waals surface area contributed by atoms with Crippen molar-refractivity contribution in [3.63, 3.8) is 0 Å². The highest BCUT2D eigenvalue weighted by Gasteiger charge is 2.30. The molecule has 150 valence electrons. The molecule has 2 aromatic heterocycles. The Bertz CT molecular complexity index is 1100. The molecule has 1 saturated carbocycles. The van der Waals surface area contributed by atoms with Crippen LogP contribution in [0.5, 0.6) is 11.6 Å². The lowest BCUT2D eigenvalue weighted by Gasteiger charge is -2.09. The number of amides is 1. The summed E-state index contributed by atoms with van der Waals surface area (Å²) >= 11 is 0. The highest BCUT2D eigenvalue weighted by atomic mass is 16.5. The van der Waals surface area contributed by atoms with Gasteiger partial charge >= 0.3 is 0 Å². The van der Waals surface area contributed by atoms with Gasteiger partial charge in [-0.3, -0.25) is 9.48 Å². The maximum Gasteiger partial charge on any atom is 0.258 e. The van der Waals surface area contributed by atoms with Gasteiger partial charge in [-0.1, -0.05) is 12.1 Å². The molecule has 29 heavy (non-hydrogen) atoms. The van der Waals surface area contributed by atoms with Gasteiger partial charge in [-0.2, -0.15) is 10.1 Å². The summed E-state index contributed by atoms with van der Waals surface area (Å²) in [6, 6.07) is 7.92. The molecule has 0 saturated heterocycles. The molecule has 1 aliphatic carbocycles. The van der Waals surface area contributed by atoms with Crippen molar-refractivity contribution in [3.05, 3.63) is 46.6 Å². The Morgan fingerprint density at radius 3 is 3.03 bits per heavy atom. The van der Waals surface area contributed by atoms with E-state index in [1.807, 2.05) is 32.2 Å². The number of rotatable bonds is 6. The predicted octanol–water partition coefficient (Wildman–Crippen LogP) is 2.78. The van der Waals surface area contributed by atoms with Crippen LogP contribution in [0.3, 0.4) is 0 Å². The molecule has 7 heteroatoms. The van der Waals surface area contributed by atoms with Gasteiger partial charge in [0.2, 0.25) is 5.88 Å². The Morgan fingerprint density at radius 2 is 2.21 bits per heavy atom. The van der Waals surface area contributed by atoms with Crippen LogP contribution in [0.15, 0.2) is 24.3 Å². The molecule has 0 unspecified atom stereocenters. The summed E-state index contributed by atoms with van der Waals surface area (Å²) < 4.78 is 13.0. The van der Waals surface area contributed by atoms with E-state index in [0.29, 0.717) is 18.3 Å². The first kappa shape index (κ1) is 18.0. The molecule has 1 fully saturated rings. The summed E-state index contributed by atoms with van der Waals surface area (Å²) in [7, 11) is 1.90. The van der Waals surface area contributed by atoms with E-state index in [9.17, 15) is 4.79 Å². The molecule has 5 rings (SSSR count). The van der Waals surface area contributed by atoms with Crippen LogP contribution in [0, 0.1) is 6.92 Å². The predicted molar refractivity (Wildman–Crippen MR) is 108 cm³/mol. The number of pyridine rings is 1. The zero-order valence-electron chi connectivity index (χ0n) is 16.7. The van der Waals surface area contributed by atoms with Gasteiger partial charge in [0.1, 0.15) is 5.75 Å². The Kier molecular flexibility index (Phi) is 4.38. The van der Waals surface area contributed by atoms with Crippen LogP contribution in [-0.2, 0) is 24.8 Å². The molecular weight excluding hydrogens is 368 g/mol. The van der Waals surface area contributed by atoms with Gasteiger partial charge in [0.05, 0.1) is 12.3 Å². The van der Waals surface area contributed by atoms with Crippen molar-refractivity contribution < 1.29 is 14.3 Å². The second kappa shape index (κ2) is 7.06. The van der Waals surface area contributed by atoms with Crippen molar-refractivity contribution in [2.45, 2.75) is 38.6 Å². The smallest absolute Gasteiger partial charge is 0.258 e. The van der Waals surface area contributed by atoms with Crippen molar-refractivity contribution in [1.29, 1.82) is 0 Å². The van der Waals surface area contributed by atoms with Crippen LogP contribution in [0.4, 0.5) is 0 Å². The van der Waals surface area contributed by atoms with E-state index in [4.69, 9.17) is 9.47 Å². The zero-order valence-corrected chi connectivity index (χ0v) is 16.7. The molecule has 0 spiro atoms. The number of nitrogens with one attached hydrogen (secondary N) is 1. The molecule has 1 amide bonds. The van der Waals surface area contributed by atoms with Gasteiger partial charge in [0, 0.05) is 37.4 Å². The lowest BCUT2D eigenvalue weighted by atomic mass is 10.1. The van der Waals surface area contributed by atoms with Crippen molar-refractivity contribution >= 4 is 16.9 Å². The van der Waals surface area contributed by atoms with Crippen LogP contribution in [-0.4, -0.2) is 33.9 Å². The zero-order chi connectivity index (χ0) is 20.0. The highest BCUT2D eigenvalue weighted by molar-refractivity contribution is 5.84. The molecule has 3 heterocycles. The van der Waals surface area contributed by atoms with Crippen LogP contribution < -0.4 is 14.8 Å². The van der Waals surface area contributed by atoms with Crippen LogP contribution >= 0.6 is 0 Å². The number of aromatic nitrogens is 3. The molecule has 1 aromatic carbocycles. The van der Waals surface area contributed by atoms with E-state index in [1.54, 1.807) is 4.68 Å². The lowest BCUT2D eigenvalue weighted by molar-refractivity contribution is -0.123. The summed E-state index contributed by atoms with van der Waals surface area (Å²) in [5, 5.41) is 8.67. The van der Waals surface area contributed by atoms with Gasteiger partial charge in [0.25, 0.3) is 5.91 Å². The molecule has 0 bridgehead atoms. The van der Waals surface area contributed by atoms with Gasteiger partial charge in [-0.05, 0) is 42.5 Å². The number of benzene rings is 1. The monoisotopic (exact) mass is 392 g/mol. The quantitative estimate of drug-likeness (QED) is 0.698. The number of ether oxygens (including phenoxy) is 2. The van der Waals surface area contributed by atoms with Gasteiger partial charge in [-0.25, -0.2) is 0 Å². The maximum atomic E-state index is 12.2. The summed E-state index contributed by atoms with van der Waals surface area (Å²) in [5.74, 6) is 1.78. The third kappa shape index (κ3) is 3.52. The van der Waals surface area contributed by atoms with E-state index in [2.05, 4.69) is 21.5 Å². The van der Waals surface area contributed by atoms with Crippen molar-refractivity contribution in [2.24, 2.45) is 7.05 Å². The van der Waals surface area contributed by atoms with E-state index in [1.165, 1.54) is 18.4 Å². The fourth-order valence-corrected chi connectivity index (χ4v) is 3.89.